The molecule has 0 bridgehead atoms. The van der Waals surface area contributed by atoms with Crippen LogP contribution in [0, 0.1) is 11.3 Å². The molecule has 0 amide bonds. The van der Waals surface area contributed by atoms with E-state index in [1.165, 1.54) is 45.2 Å². The summed E-state index contributed by atoms with van der Waals surface area (Å²) >= 11 is 0. The number of hydrogen-bond donors (Lipinski definition) is 1. The summed E-state index contributed by atoms with van der Waals surface area (Å²) in [5, 5.41) is 0. The highest BCUT2D eigenvalue weighted by atomic mass is 15.2. The maximum Gasteiger partial charge on any atom is 0.0339 e. The number of nitrogens with two attached hydrogens (primary N) is 1. The van der Waals surface area contributed by atoms with E-state index in [-0.39, 0.29) is 5.54 Å². The molecule has 2 aliphatic rings. The zero-order valence-electron chi connectivity index (χ0n) is 14.3. The van der Waals surface area contributed by atoms with E-state index in [2.05, 4.69) is 44.7 Å². The number of likely N-dealkylation sites (N-methyl/N-ethyl adjacent to an activating group) is 1. The van der Waals surface area contributed by atoms with Crippen LogP contribution in [0.25, 0.3) is 0 Å². The third-order valence-corrected chi connectivity index (χ3v) is 5.80. The highest BCUT2D eigenvalue weighted by Crippen LogP contribution is 2.46. The first kappa shape index (κ1) is 16.3. The molecule has 1 saturated carbocycles. The number of nitrogens with zero attached hydrogens (tertiary/aromatic N) is 2. The van der Waals surface area contributed by atoms with Gasteiger partial charge in [-0.1, -0.05) is 20.8 Å². The Kier molecular flexibility index (Phi) is 4.83. The maximum absolute atomic E-state index is 6.30. The number of piperidine rings is 1. The molecule has 1 heterocycles. The Balaban J connectivity index is 2.13. The Morgan fingerprint density at radius 3 is 2.30 bits per heavy atom. The van der Waals surface area contributed by atoms with Crippen molar-refractivity contribution in [3.8, 4) is 0 Å². The van der Waals surface area contributed by atoms with Gasteiger partial charge in [0, 0.05) is 18.1 Å². The summed E-state index contributed by atoms with van der Waals surface area (Å²) in [5.41, 5.74) is 6.96. The molecule has 0 aromatic carbocycles. The van der Waals surface area contributed by atoms with E-state index in [4.69, 9.17) is 5.73 Å². The van der Waals surface area contributed by atoms with Gasteiger partial charge in [-0.3, -0.25) is 4.90 Å². The van der Waals surface area contributed by atoms with Crippen LogP contribution in [0.5, 0.6) is 0 Å². The van der Waals surface area contributed by atoms with Crippen LogP contribution in [0.2, 0.25) is 0 Å². The molecule has 0 aromatic heterocycles. The van der Waals surface area contributed by atoms with Gasteiger partial charge in [0.15, 0.2) is 0 Å². The molecule has 2 unspecified atom stereocenters. The van der Waals surface area contributed by atoms with Crippen molar-refractivity contribution < 1.29 is 0 Å². The van der Waals surface area contributed by atoms with Gasteiger partial charge >= 0.3 is 0 Å². The average molecular weight is 281 g/mol. The van der Waals surface area contributed by atoms with E-state index in [9.17, 15) is 0 Å². The fourth-order valence-electron chi connectivity index (χ4n) is 5.04. The van der Waals surface area contributed by atoms with Gasteiger partial charge in [-0.05, 0) is 70.6 Å². The van der Waals surface area contributed by atoms with E-state index in [1.807, 2.05) is 0 Å². The van der Waals surface area contributed by atoms with Crippen LogP contribution in [0.15, 0.2) is 0 Å². The van der Waals surface area contributed by atoms with Crippen LogP contribution >= 0.6 is 0 Å². The molecule has 118 valence electrons. The molecule has 20 heavy (non-hydrogen) atoms. The predicted octanol–water partition coefficient (Wildman–Crippen LogP) is 2.56. The van der Waals surface area contributed by atoms with Crippen molar-refractivity contribution in [1.29, 1.82) is 0 Å². The van der Waals surface area contributed by atoms with Crippen LogP contribution < -0.4 is 5.73 Å². The molecule has 0 spiro atoms. The Bertz CT molecular complexity index is 320. The van der Waals surface area contributed by atoms with Crippen LogP contribution in [0.1, 0.15) is 52.9 Å². The summed E-state index contributed by atoms with van der Waals surface area (Å²) in [7, 11) is 4.58. The van der Waals surface area contributed by atoms with Crippen LogP contribution in [-0.2, 0) is 0 Å². The molecule has 1 aliphatic heterocycles. The predicted molar refractivity (Wildman–Crippen MR) is 86.9 cm³/mol. The lowest BCUT2D eigenvalue weighted by atomic mass is 9.63. The zero-order chi connectivity index (χ0) is 15.0. The first-order valence-corrected chi connectivity index (χ1v) is 8.40. The normalized spacial score (nSPS) is 36.5. The second-order valence-corrected chi connectivity index (χ2v) is 8.43. The molecule has 3 heteroatoms. The summed E-state index contributed by atoms with van der Waals surface area (Å²) < 4.78 is 0. The molecule has 2 rings (SSSR count). The molecule has 2 atom stereocenters. The van der Waals surface area contributed by atoms with Crippen molar-refractivity contribution in [3.63, 3.8) is 0 Å². The van der Waals surface area contributed by atoms with Crippen molar-refractivity contribution in [2.24, 2.45) is 17.1 Å². The smallest absolute Gasteiger partial charge is 0.0339 e. The SMILES string of the molecule is CC1CC(C)(C)CC(CN)(N(C)C2CCN(C)CC2)C1. The minimum absolute atomic E-state index is 0.224. The first-order valence-electron chi connectivity index (χ1n) is 8.40. The average Bonchev–Trinajstić information content (AvgIpc) is 2.36. The maximum atomic E-state index is 6.30. The van der Waals surface area contributed by atoms with E-state index >= 15 is 0 Å². The number of likely N-dealkylation sites (tertiary alicyclic amines) is 1. The lowest BCUT2D eigenvalue weighted by Gasteiger charge is -2.55. The van der Waals surface area contributed by atoms with Crippen molar-refractivity contribution in [2.45, 2.75) is 64.5 Å². The lowest BCUT2D eigenvalue weighted by molar-refractivity contribution is -0.0323. The standard InChI is InChI=1S/C17H35N3/c1-14-10-16(2,3)12-17(11-14,13-18)20(5)15-6-8-19(4)9-7-15/h14-15H,6-13,18H2,1-5H3. The minimum atomic E-state index is 0.224. The third-order valence-electron chi connectivity index (χ3n) is 5.80. The summed E-state index contributed by atoms with van der Waals surface area (Å²) in [4.78, 5) is 5.13. The zero-order valence-corrected chi connectivity index (χ0v) is 14.3. The Morgan fingerprint density at radius 2 is 1.80 bits per heavy atom. The summed E-state index contributed by atoms with van der Waals surface area (Å²) in [5.74, 6) is 0.788. The molecule has 2 fully saturated rings. The van der Waals surface area contributed by atoms with Gasteiger partial charge in [-0.15, -0.1) is 0 Å². The molecule has 0 aromatic rings. The van der Waals surface area contributed by atoms with E-state index in [0.717, 1.165) is 18.5 Å². The van der Waals surface area contributed by atoms with Gasteiger partial charge in [-0.25, -0.2) is 0 Å². The van der Waals surface area contributed by atoms with Crippen LogP contribution in [-0.4, -0.2) is 55.1 Å². The summed E-state index contributed by atoms with van der Waals surface area (Å²) in [6, 6.07) is 0.718. The summed E-state index contributed by atoms with van der Waals surface area (Å²) in [6.07, 6.45) is 6.46. The Morgan fingerprint density at radius 1 is 1.20 bits per heavy atom. The van der Waals surface area contributed by atoms with Gasteiger partial charge < -0.3 is 10.6 Å². The van der Waals surface area contributed by atoms with Crippen molar-refractivity contribution in [1.82, 2.24) is 9.80 Å². The van der Waals surface area contributed by atoms with Crippen molar-refractivity contribution in [2.75, 3.05) is 33.7 Å². The van der Waals surface area contributed by atoms with Gasteiger partial charge in [0.05, 0.1) is 0 Å². The van der Waals surface area contributed by atoms with Gasteiger partial charge in [0.1, 0.15) is 0 Å². The quantitative estimate of drug-likeness (QED) is 0.863. The topological polar surface area (TPSA) is 32.5 Å². The monoisotopic (exact) mass is 281 g/mol. The second kappa shape index (κ2) is 5.94. The molecular formula is C17H35N3. The number of hydrogen-bond acceptors (Lipinski definition) is 3. The molecular weight excluding hydrogens is 246 g/mol. The molecule has 2 N–H and O–H groups in total. The van der Waals surface area contributed by atoms with E-state index in [0.29, 0.717) is 5.41 Å². The highest BCUT2D eigenvalue weighted by Gasteiger charge is 2.46. The first-order chi connectivity index (χ1) is 9.28. The Hall–Kier alpha value is -0.120. The minimum Gasteiger partial charge on any atom is -0.329 e. The fourth-order valence-corrected chi connectivity index (χ4v) is 5.04. The number of rotatable bonds is 3. The van der Waals surface area contributed by atoms with Crippen LogP contribution in [0.4, 0.5) is 0 Å². The van der Waals surface area contributed by atoms with Crippen molar-refractivity contribution >= 4 is 0 Å². The largest absolute Gasteiger partial charge is 0.329 e. The Labute approximate surface area is 125 Å². The molecule has 1 saturated heterocycles. The fraction of sp³-hybridized carbons (Fsp3) is 1.00. The van der Waals surface area contributed by atoms with Crippen LogP contribution in [0.3, 0.4) is 0 Å². The molecule has 1 aliphatic carbocycles. The van der Waals surface area contributed by atoms with Gasteiger partial charge in [0.25, 0.3) is 0 Å². The highest BCUT2D eigenvalue weighted by molar-refractivity contribution is 5.02. The van der Waals surface area contributed by atoms with E-state index in [1.54, 1.807) is 0 Å². The molecule has 3 nitrogen and oxygen atoms in total. The molecule has 0 radical (unpaired) electrons. The third kappa shape index (κ3) is 3.37. The van der Waals surface area contributed by atoms with Gasteiger partial charge in [-0.2, -0.15) is 0 Å². The van der Waals surface area contributed by atoms with Crippen molar-refractivity contribution in [3.05, 3.63) is 0 Å². The second-order valence-electron chi connectivity index (χ2n) is 8.43. The van der Waals surface area contributed by atoms with Gasteiger partial charge in [0.2, 0.25) is 0 Å². The summed E-state index contributed by atoms with van der Waals surface area (Å²) in [6.45, 7) is 10.5. The lowest BCUT2D eigenvalue weighted by Crippen LogP contribution is -2.61. The van der Waals surface area contributed by atoms with E-state index < -0.39 is 0 Å².